The molecule has 6 nitrogen and oxygen atoms in total. The lowest BCUT2D eigenvalue weighted by Crippen LogP contribution is -2.67. The number of likely N-dealkylation sites (tertiary alicyclic amines) is 1. The number of carbonyl (C=O) groups excluding carboxylic acids is 1. The van der Waals surface area contributed by atoms with Crippen LogP contribution < -0.4 is 4.74 Å². The smallest absolute Gasteiger partial charge is 0.222 e. The number of fused-ring (bicyclic) bond motifs is 4. The van der Waals surface area contributed by atoms with E-state index in [0.29, 0.717) is 6.42 Å². The Morgan fingerprint density at radius 3 is 2.76 bits per heavy atom. The van der Waals surface area contributed by atoms with Crippen molar-refractivity contribution in [2.45, 2.75) is 44.1 Å². The van der Waals surface area contributed by atoms with Gasteiger partial charge in [0.25, 0.3) is 0 Å². The van der Waals surface area contributed by atoms with Gasteiger partial charge in [-0.2, -0.15) is 0 Å². The van der Waals surface area contributed by atoms with E-state index in [9.17, 15) is 9.90 Å². The lowest BCUT2D eigenvalue weighted by molar-refractivity contribution is -0.140. The summed E-state index contributed by atoms with van der Waals surface area (Å²) in [7, 11) is 1.68. The molecule has 2 N–H and O–H groups in total. The van der Waals surface area contributed by atoms with E-state index in [4.69, 9.17) is 4.74 Å². The first kappa shape index (κ1) is 18.9. The number of aliphatic hydroxyl groups is 1. The molecule has 1 atom stereocenters. The molecule has 29 heavy (non-hydrogen) atoms. The van der Waals surface area contributed by atoms with Crippen LogP contribution in [0, 0.1) is 5.92 Å². The third kappa shape index (κ3) is 3.04. The lowest BCUT2D eigenvalue weighted by atomic mass is 9.68. The Bertz CT molecular complexity index is 927. The highest BCUT2D eigenvalue weighted by Gasteiger charge is 2.54. The van der Waals surface area contributed by atoms with Crippen molar-refractivity contribution in [3.63, 3.8) is 0 Å². The molecule has 3 heterocycles. The number of amides is 1. The highest BCUT2D eigenvalue weighted by atomic mass is 16.5. The molecule has 1 aromatic carbocycles. The third-order valence-electron chi connectivity index (χ3n) is 7.01. The Labute approximate surface area is 171 Å². The molecule has 1 amide bonds. The van der Waals surface area contributed by atoms with Gasteiger partial charge in [-0.3, -0.25) is 9.69 Å². The van der Waals surface area contributed by atoms with E-state index in [1.807, 2.05) is 17.0 Å². The average Bonchev–Trinajstić information content (AvgIpc) is 3.42. The molecule has 3 aliphatic rings. The summed E-state index contributed by atoms with van der Waals surface area (Å²) in [5.74, 6) is 1.85. The fraction of sp³-hybridized carbons (Fsp3) is 0.609. The predicted octanol–water partition coefficient (Wildman–Crippen LogP) is 2.82. The van der Waals surface area contributed by atoms with Crippen molar-refractivity contribution in [3.05, 3.63) is 29.5 Å². The van der Waals surface area contributed by atoms with Gasteiger partial charge in [-0.25, -0.2) is 0 Å². The van der Waals surface area contributed by atoms with Gasteiger partial charge in [0.15, 0.2) is 0 Å². The van der Waals surface area contributed by atoms with Crippen LogP contribution in [-0.4, -0.2) is 65.7 Å². The monoisotopic (exact) mass is 397 g/mol. The molecule has 0 bridgehead atoms. The molecule has 2 fully saturated rings. The minimum Gasteiger partial charge on any atom is -0.497 e. The fourth-order valence-electron chi connectivity index (χ4n) is 5.43. The first-order chi connectivity index (χ1) is 14.1. The fourth-order valence-corrected chi connectivity index (χ4v) is 5.43. The van der Waals surface area contributed by atoms with Crippen LogP contribution in [0.25, 0.3) is 10.9 Å². The molecule has 1 spiro atoms. The Kier molecular flexibility index (Phi) is 4.59. The van der Waals surface area contributed by atoms with E-state index in [-0.39, 0.29) is 24.0 Å². The summed E-state index contributed by atoms with van der Waals surface area (Å²) >= 11 is 0. The second-order valence-electron chi connectivity index (χ2n) is 9.18. The van der Waals surface area contributed by atoms with Crippen molar-refractivity contribution in [3.8, 4) is 5.75 Å². The number of aliphatic hydroxyl groups excluding tert-OH is 1. The van der Waals surface area contributed by atoms with Crippen molar-refractivity contribution in [1.82, 2.24) is 14.8 Å². The van der Waals surface area contributed by atoms with E-state index < -0.39 is 0 Å². The summed E-state index contributed by atoms with van der Waals surface area (Å²) in [6.45, 7) is 5.67. The molecule has 6 heteroatoms. The lowest BCUT2D eigenvalue weighted by Gasteiger charge is -2.56. The first-order valence-electron chi connectivity index (χ1n) is 10.9. The van der Waals surface area contributed by atoms with Gasteiger partial charge in [0.2, 0.25) is 5.91 Å². The van der Waals surface area contributed by atoms with Crippen LogP contribution in [0.1, 0.15) is 49.9 Å². The summed E-state index contributed by atoms with van der Waals surface area (Å²) < 4.78 is 5.42. The van der Waals surface area contributed by atoms with Crippen LogP contribution in [0.3, 0.4) is 0 Å². The van der Waals surface area contributed by atoms with Crippen molar-refractivity contribution >= 4 is 16.8 Å². The number of benzene rings is 1. The maximum Gasteiger partial charge on any atom is 0.222 e. The SMILES string of the molecule is CCCC(=O)N1CC2(C1)CN(CC1CC1)[C@H](CO)c1[nH]c3cc(OC)ccc3c12. The number of aromatic amines is 1. The molecule has 5 rings (SSSR count). The minimum absolute atomic E-state index is 0.00462. The quantitative estimate of drug-likeness (QED) is 0.787. The zero-order valence-electron chi connectivity index (χ0n) is 17.4. The Balaban J connectivity index is 1.57. The number of hydrogen-bond acceptors (Lipinski definition) is 4. The Hall–Kier alpha value is -2.05. The van der Waals surface area contributed by atoms with Crippen LogP contribution >= 0.6 is 0 Å². The number of H-pyrrole nitrogens is 1. The first-order valence-corrected chi connectivity index (χ1v) is 10.9. The van der Waals surface area contributed by atoms with Gasteiger partial charge in [0, 0.05) is 60.7 Å². The number of carbonyl (C=O) groups is 1. The van der Waals surface area contributed by atoms with E-state index in [1.165, 1.54) is 23.8 Å². The van der Waals surface area contributed by atoms with Crippen LogP contribution in [0.15, 0.2) is 18.2 Å². The maximum atomic E-state index is 12.5. The number of ether oxygens (including phenoxy) is 1. The zero-order valence-corrected chi connectivity index (χ0v) is 17.4. The van der Waals surface area contributed by atoms with E-state index in [2.05, 4.69) is 22.9 Å². The third-order valence-corrected chi connectivity index (χ3v) is 7.01. The molecule has 1 aliphatic carbocycles. The molecule has 0 unspecified atom stereocenters. The van der Waals surface area contributed by atoms with Gasteiger partial charge in [0.1, 0.15) is 5.75 Å². The normalized spacial score (nSPS) is 23.3. The highest BCUT2D eigenvalue weighted by molar-refractivity contribution is 5.89. The summed E-state index contributed by atoms with van der Waals surface area (Å²) in [6, 6.07) is 6.18. The molecule has 1 saturated heterocycles. The summed E-state index contributed by atoms with van der Waals surface area (Å²) in [5.41, 5.74) is 3.44. The van der Waals surface area contributed by atoms with Gasteiger partial charge in [0.05, 0.1) is 19.8 Å². The van der Waals surface area contributed by atoms with Gasteiger partial charge < -0.3 is 19.7 Å². The minimum atomic E-state index is -0.0495. The largest absolute Gasteiger partial charge is 0.497 e. The molecular weight excluding hydrogens is 366 g/mol. The maximum absolute atomic E-state index is 12.5. The van der Waals surface area contributed by atoms with Crippen molar-refractivity contribution in [2.75, 3.05) is 39.9 Å². The van der Waals surface area contributed by atoms with E-state index in [1.54, 1.807) is 7.11 Å². The molecule has 2 aromatic rings. The number of aromatic nitrogens is 1. The molecular formula is C23H31N3O3. The van der Waals surface area contributed by atoms with E-state index in [0.717, 1.165) is 55.5 Å². The zero-order chi connectivity index (χ0) is 20.2. The predicted molar refractivity (Wildman–Crippen MR) is 112 cm³/mol. The highest BCUT2D eigenvalue weighted by Crippen LogP contribution is 2.49. The summed E-state index contributed by atoms with van der Waals surface area (Å²) in [6.07, 6.45) is 4.10. The van der Waals surface area contributed by atoms with Crippen molar-refractivity contribution in [1.29, 1.82) is 0 Å². The van der Waals surface area contributed by atoms with Gasteiger partial charge in [-0.05, 0) is 42.9 Å². The molecule has 2 aliphatic heterocycles. The van der Waals surface area contributed by atoms with Gasteiger partial charge in [-0.15, -0.1) is 0 Å². The number of nitrogens with zero attached hydrogens (tertiary/aromatic N) is 2. The molecule has 0 radical (unpaired) electrons. The topological polar surface area (TPSA) is 68.8 Å². The molecule has 1 saturated carbocycles. The number of hydrogen-bond donors (Lipinski definition) is 2. The van der Waals surface area contributed by atoms with Crippen molar-refractivity contribution < 1.29 is 14.6 Å². The second-order valence-corrected chi connectivity index (χ2v) is 9.18. The number of methoxy groups -OCH3 is 1. The Morgan fingerprint density at radius 2 is 2.10 bits per heavy atom. The van der Waals surface area contributed by atoms with Crippen LogP contribution in [0.5, 0.6) is 5.75 Å². The van der Waals surface area contributed by atoms with Gasteiger partial charge >= 0.3 is 0 Å². The van der Waals surface area contributed by atoms with Crippen LogP contribution in [0.2, 0.25) is 0 Å². The van der Waals surface area contributed by atoms with Crippen LogP contribution in [-0.2, 0) is 10.2 Å². The second kappa shape index (κ2) is 7.03. The molecule has 156 valence electrons. The standard InChI is InChI=1S/C23H31N3O3/c1-3-4-20(28)26-13-23(14-26)12-25(10-15-5-6-15)19(11-27)22-21(23)17-8-7-16(29-2)9-18(17)24-22/h7-9,15,19,24,27H,3-6,10-14H2,1-2H3/t19-/m1/s1. The number of rotatable bonds is 6. The Morgan fingerprint density at radius 1 is 1.31 bits per heavy atom. The van der Waals surface area contributed by atoms with Crippen LogP contribution in [0.4, 0.5) is 0 Å². The average molecular weight is 398 g/mol. The molecule has 1 aromatic heterocycles. The summed E-state index contributed by atoms with van der Waals surface area (Å²) in [5, 5.41) is 11.5. The summed E-state index contributed by atoms with van der Waals surface area (Å²) in [4.78, 5) is 20.6. The van der Waals surface area contributed by atoms with E-state index >= 15 is 0 Å². The van der Waals surface area contributed by atoms with Crippen molar-refractivity contribution in [2.24, 2.45) is 5.92 Å². The number of nitrogens with one attached hydrogen (secondary N) is 1. The van der Waals surface area contributed by atoms with Gasteiger partial charge in [-0.1, -0.05) is 6.92 Å².